The lowest BCUT2D eigenvalue weighted by Crippen LogP contribution is -1.94. The van der Waals surface area contributed by atoms with Crippen molar-refractivity contribution >= 4 is 5.57 Å². The zero-order valence-electron chi connectivity index (χ0n) is 11.6. The normalized spacial score (nSPS) is 11.7. The summed E-state index contributed by atoms with van der Waals surface area (Å²) in [6, 6.07) is 15.2. The smallest absolute Gasteiger partial charge is 0.0149 e. The molecule has 0 aromatic heterocycles. The van der Waals surface area contributed by atoms with Crippen LogP contribution in [0.4, 0.5) is 0 Å². The lowest BCUT2D eigenvalue weighted by Gasteiger charge is -2.13. The summed E-state index contributed by atoms with van der Waals surface area (Å²) in [5.74, 6) is 0. The van der Waals surface area contributed by atoms with Crippen LogP contribution >= 0.6 is 0 Å². The lowest BCUT2D eigenvalue weighted by molar-refractivity contribution is 1.31. The quantitative estimate of drug-likeness (QED) is 0.683. The molecule has 2 rings (SSSR count). The first-order valence-electron chi connectivity index (χ1n) is 6.43. The van der Waals surface area contributed by atoms with E-state index in [-0.39, 0.29) is 0 Å². The average molecular weight is 236 g/mol. The zero-order valence-corrected chi connectivity index (χ0v) is 11.6. The van der Waals surface area contributed by atoms with Gasteiger partial charge in [-0.25, -0.2) is 0 Å². The molecule has 18 heavy (non-hydrogen) atoms. The van der Waals surface area contributed by atoms with E-state index in [1.165, 1.54) is 33.4 Å². The van der Waals surface area contributed by atoms with Gasteiger partial charge in [0.05, 0.1) is 0 Å². The van der Waals surface area contributed by atoms with Crippen molar-refractivity contribution in [3.05, 3.63) is 76.4 Å². The van der Waals surface area contributed by atoms with Crippen molar-refractivity contribution in [1.82, 2.24) is 0 Å². The fourth-order valence-corrected chi connectivity index (χ4v) is 2.33. The molecule has 92 valence electrons. The van der Waals surface area contributed by atoms with E-state index in [1.54, 1.807) is 0 Å². The van der Waals surface area contributed by atoms with Gasteiger partial charge in [0.2, 0.25) is 0 Å². The molecule has 0 aliphatic rings. The number of benzene rings is 2. The van der Waals surface area contributed by atoms with Crippen LogP contribution in [0.2, 0.25) is 0 Å². The van der Waals surface area contributed by atoms with Crippen LogP contribution in [0.15, 0.2) is 48.5 Å². The Morgan fingerprint density at radius 3 is 2.33 bits per heavy atom. The van der Waals surface area contributed by atoms with Gasteiger partial charge in [0.1, 0.15) is 0 Å². The number of rotatable bonds is 2. The monoisotopic (exact) mass is 236 g/mol. The van der Waals surface area contributed by atoms with Crippen LogP contribution in [0.3, 0.4) is 0 Å². The van der Waals surface area contributed by atoms with Crippen LogP contribution in [-0.2, 0) is 0 Å². The van der Waals surface area contributed by atoms with Crippen molar-refractivity contribution in [1.29, 1.82) is 0 Å². The molecule has 0 amide bonds. The molecular formula is C18H20. The van der Waals surface area contributed by atoms with E-state index in [4.69, 9.17) is 0 Å². The van der Waals surface area contributed by atoms with E-state index in [2.05, 4.69) is 76.2 Å². The Balaban J connectivity index is 2.57. The summed E-state index contributed by atoms with van der Waals surface area (Å²) in [6.07, 6.45) is 2.20. The van der Waals surface area contributed by atoms with E-state index in [0.717, 1.165) is 0 Å². The molecule has 0 heterocycles. The third-order valence-corrected chi connectivity index (χ3v) is 3.51. The molecule has 0 radical (unpaired) electrons. The topological polar surface area (TPSA) is 0 Å². The molecule has 0 fully saturated rings. The van der Waals surface area contributed by atoms with Gasteiger partial charge in [0.25, 0.3) is 0 Å². The van der Waals surface area contributed by atoms with Crippen molar-refractivity contribution in [2.24, 2.45) is 0 Å². The highest BCUT2D eigenvalue weighted by Gasteiger charge is 2.08. The van der Waals surface area contributed by atoms with Crippen LogP contribution in [0.25, 0.3) is 5.57 Å². The highest BCUT2D eigenvalue weighted by atomic mass is 14.1. The SMILES string of the molecule is C/C=C(/c1cccc(C)c1)c1cccc(C)c1C. The molecule has 0 atom stereocenters. The average Bonchev–Trinajstić information content (AvgIpc) is 2.35. The molecular weight excluding hydrogens is 216 g/mol. The number of hydrogen-bond acceptors (Lipinski definition) is 0. The van der Waals surface area contributed by atoms with Crippen molar-refractivity contribution in [2.75, 3.05) is 0 Å². The second kappa shape index (κ2) is 5.22. The maximum absolute atomic E-state index is 2.25. The molecule has 2 aromatic carbocycles. The van der Waals surface area contributed by atoms with Gasteiger partial charge in [-0.15, -0.1) is 0 Å². The summed E-state index contributed by atoms with van der Waals surface area (Å²) in [5.41, 5.74) is 7.97. The fraction of sp³-hybridized carbons (Fsp3) is 0.222. The Bertz CT molecular complexity index is 589. The van der Waals surface area contributed by atoms with E-state index >= 15 is 0 Å². The standard InChI is InChI=1S/C18H20/c1-5-17(16-10-6-8-13(2)12-16)18-11-7-9-14(3)15(18)4/h5-12H,1-4H3/b17-5-. The lowest BCUT2D eigenvalue weighted by atomic mass is 9.91. The minimum absolute atomic E-state index is 1.30. The molecule has 0 saturated heterocycles. The maximum Gasteiger partial charge on any atom is -0.0149 e. The minimum atomic E-state index is 1.30. The summed E-state index contributed by atoms with van der Waals surface area (Å²) in [6.45, 7) is 8.62. The summed E-state index contributed by atoms with van der Waals surface area (Å²) >= 11 is 0. The molecule has 0 heteroatoms. The van der Waals surface area contributed by atoms with Gasteiger partial charge in [-0.05, 0) is 55.5 Å². The van der Waals surface area contributed by atoms with Gasteiger partial charge in [-0.1, -0.05) is 54.1 Å². The summed E-state index contributed by atoms with van der Waals surface area (Å²) in [5, 5.41) is 0. The molecule has 0 nitrogen and oxygen atoms in total. The van der Waals surface area contributed by atoms with Gasteiger partial charge < -0.3 is 0 Å². The Labute approximate surface area is 110 Å². The summed E-state index contributed by atoms with van der Waals surface area (Å²) in [7, 11) is 0. The Hall–Kier alpha value is -1.82. The molecule has 0 bridgehead atoms. The van der Waals surface area contributed by atoms with Gasteiger partial charge in [0, 0.05) is 0 Å². The van der Waals surface area contributed by atoms with E-state index in [9.17, 15) is 0 Å². The molecule has 0 N–H and O–H groups in total. The van der Waals surface area contributed by atoms with Crippen molar-refractivity contribution in [3.8, 4) is 0 Å². The van der Waals surface area contributed by atoms with E-state index < -0.39 is 0 Å². The highest BCUT2D eigenvalue weighted by molar-refractivity contribution is 5.81. The first-order chi connectivity index (χ1) is 8.63. The molecule has 0 aliphatic carbocycles. The highest BCUT2D eigenvalue weighted by Crippen LogP contribution is 2.27. The zero-order chi connectivity index (χ0) is 13.1. The summed E-state index contributed by atoms with van der Waals surface area (Å²) < 4.78 is 0. The first-order valence-corrected chi connectivity index (χ1v) is 6.43. The van der Waals surface area contributed by atoms with Crippen LogP contribution < -0.4 is 0 Å². The molecule has 2 aromatic rings. The van der Waals surface area contributed by atoms with Gasteiger partial charge in [0.15, 0.2) is 0 Å². The van der Waals surface area contributed by atoms with Crippen LogP contribution in [-0.4, -0.2) is 0 Å². The Morgan fingerprint density at radius 1 is 0.944 bits per heavy atom. The van der Waals surface area contributed by atoms with E-state index in [1.807, 2.05) is 0 Å². The van der Waals surface area contributed by atoms with Gasteiger partial charge >= 0.3 is 0 Å². The predicted molar refractivity (Wildman–Crippen MR) is 79.8 cm³/mol. The van der Waals surface area contributed by atoms with Gasteiger partial charge in [-0.3, -0.25) is 0 Å². The predicted octanol–water partition coefficient (Wildman–Crippen LogP) is 5.06. The third-order valence-electron chi connectivity index (χ3n) is 3.51. The van der Waals surface area contributed by atoms with Crippen LogP contribution in [0, 0.1) is 20.8 Å². The first kappa shape index (κ1) is 12.6. The maximum atomic E-state index is 2.25. The number of allylic oxidation sites excluding steroid dienone is 1. The van der Waals surface area contributed by atoms with E-state index in [0.29, 0.717) is 0 Å². The second-order valence-electron chi connectivity index (χ2n) is 4.82. The largest absolute Gasteiger partial charge is 0.0792 e. The van der Waals surface area contributed by atoms with Crippen LogP contribution in [0.1, 0.15) is 34.7 Å². The Kier molecular flexibility index (Phi) is 3.66. The van der Waals surface area contributed by atoms with Crippen molar-refractivity contribution in [2.45, 2.75) is 27.7 Å². The molecule has 0 aliphatic heterocycles. The molecule has 0 spiro atoms. The summed E-state index contributed by atoms with van der Waals surface area (Å²) in [4.78, 5) is 0. The minimum Gasteiger partial charge on any atom is -0.0792 e. The third kappa shape index (κ3) is 2.38. The van der Waals surface area contributed by atoms with Crippen LogP contribution in [0.5, 0.6) is 0 Å². The van der Waals surface area contributed by atoms with Crippen molar-refractivity contribution < 1.29 is 0 Å². The number of hydrogen-bond donors (Lipinski definition) is 0. The Morgan fingerprint density at radius 2 is 1.67 bits per heavy atom. The molecule has 0 saturated carbocycles. The second-order valence-corrected chi connectivity index (χ2v) is 4.82. The van der Waals surface area contributed by atoms with Gasteiger partial charge in [-0.2, -0.15) is 0 Å². The molecule has 0 unspecified atom stereocenters. The fourth-order valence-electron chi connectivity index (χ4n) is 2.33. The van der Waals surface area contributed by atoms with Crippen molar-refractivity contribution in [3.63, 3.8) is 0 Å². The number of aryl methyl sites for hydroxylation is 2.